The molecule has 0 amide bonds. The number of aryl methyl sites for hydroxylation is 1. The van der Waals surface area contributed by atoms with Gasteiger partial charge in [-0.25, -0.2) is 9.59 Å². The fraction of sp³-hybridized carbons (Fsp3) is 0.556. The molecule has 0 bridgehead atoms. The molecule has 0 aliphatic carbocycles. The molecule has 1 heterocycles. The molecular formula is C9H11NO8. The van der Waals surface area contributed by atoms with Crippen LogP contribution in [0.15, 0.2) is 13.6 Å². The summed E-state index contributed by atoms with van der Waals surface area (Å²) in [5, 5.41) is 17.8. The Hall–Kier alpha value is -2.32. The van der Waals surface area contributed by atoms with E-state index in [2.05, 4.69) is 13.7 Å². The Morgan fingerprint density at radius 2 is 2.22 bits per heavy atom. The van der Waals surface area contributed by atoms with Gasteiger partial charge in [0.05, 0.1) is 0 Å². The predicted octanol–water partition coefficient (Wildman–Crippen LogP) is 0.850. The highest BCUT2D eigenvalue weighted by Crippen LogP contribution is 2.12. The van der Waals surface area contributed by atoms with Crippen molar-refractivity contribution in [1.29, 1.82) is 0 Å². The molecule has 0 radical (unpaired) electrons. The minimum atomic E-state index is -1.40. The van der Waals surface area contributed by atoms with Crippen LogP contribution in [0.3, 0.4) is 0 Å². The summed E-state index contributed by atoms with van der Waals surface area (Å²) in [6.45, 7) is 1.51. The van der Waals surface area contributed by atoms with Crippen LogP contribution in [0.4, 0.5) is 0 Å². The highest BCUT2D eigenvalue weighted by molar-refractivity contribution is 5.85. The van der Waals surface area contributed by atoms with Crippen LogP contribution in [0.5, 0.6) is 0 Å². The molecule has 0 aliphatic heterocycles. The Bertz CT molecular complexity index is 487. The van der Waals surface area contributed by atoms with Crippen molar-refractivity contribution in [2.24, 2.45) is 0 Å². The van der Waals surface area contributed by atoms with Crippen LogP contribution in [0.1, 0.15) is 36.1 Å². The summed E-state index contributed by atoms with van der Waals surface area (Å²) in [7, 11) is 0. The van der Waals surface area contributed by atoms with E-state index in [0.29, 0.717) is 12.8 Å². The van der Waals surface area contributed by atoms with Gasteiger partial charge in [-0.1, -0.05) is 0 Å². The second-order valence-electron chi connectivity index (χ2n) is 3.54. The van der Waals surface area contributed by atoms with Gasteiger partial charge in [0, 0.05) is 6.42 Å². The van der Waals surface area contributed by atoms with Crippen molar-refractivity contribution in [3.63, 3.8) is 0 Å². The maximum Gasteiger partial charge on any atom is 0.519 e. The Kier molecular flexibility index (Phi) is 4.46. The topological polar surface area (TPSA) is 133 Å². The zero-order valence-corrected chi connectivity index (χ0v) is 9.45. The van der Waals surface area contributed by atoms with Crippen molar-refractivity contribution < 1.29 is 28.7 Å². The number of hydrogen-bond acceptors (Lipinski definition) is 7. The van der Waals surface area contributed by atoms with Crippen LogP contribution in [0, 0.1) is 10.1 Å². The first-order chi connectivity index (χ1) is 8.40. The monoisotopic (exact) mass is 261 g/mol. The second kappa shape index (κ2) is 5.84. The maximum absolute atomic E-state index is 10.7. The van der Waals surface area contributed by atoms with Gasteiger partial charge in [-0.2, -0.15) is 0 Å². The summed E-state index contributed by atoms with van der Waals surface area (Å²) in [4.78, 5) is 35.7. The Labute approximate surface area is 100 Å². The molecule has 1 aromatic rings. The van der Waals surface area contributed by atoms with Gasteiger partial charge < -0.3 is 18.8 Å². The van der Waals surface area contributed by atoms with Crippen molar-refractivity contribution in [2.75, 3.05) is 0 Å². The van der Waals surface area contributed by atoms with E-state index in [1.807, 2.05) is 0 Å². The summed E-state index contributed by atoms with van der Waals surface area (Å²) < 4.78 is 8.90. The fourth-order valence-electron chi connectivity index (χ4n) is 1.39. The molecule has 9 nitrogen and oxygen atoms in total. The van der Waals surface area contributed by atoms with Gasteiger partial charge in [0.15, 0.2) is 5.76 Å². The second-order valence-corrected chi connectivity index (χ2v) is 3.54. The first kappa shape index (κ1) is 13.7. The van der Waals surface area contributed by atoms with Crippen molar-refractivity contribution >= 4 is 5.97 Å². The Morgan fingerprint density at radius 1 is 1.56 bits per heavy atom. The van der Waals surface area contributed by atoms with E-state index >= 15 is 0 Å². The van der Waals surface area contributed by atoms with Gasteiger partial charge in [-0.3, -0.25) is 0 Å². The number of nitrogens with zero attached hydrogens (tertiary/aromatic N) is 1. The SMILES string of the molecule is CC(CCCc1oc(=O)oc1C(=O)O)O[N+](=O)[O-]. The molecule has 0 saturated carbocycles. The van der Waals surface area contributed by atoms with E-state index in [0.717, 1.165) is 0 Å². The molecule has 0 fully saturated rings. The summed E-state index contributed by atoms with van der Waals surface area (Å²) in [5.74, 6) is -3.11. The average molecular weight is 261 g/mol. The third-order valence-corrected chi connectivity index (χ3v) is 2.12. The number of hydrogen-bond donors (Lipinski definition) is 1. The number of carboxylic acids is 1. The molecule has 0 saturated heterocycles. The zero-order valence-electron chi connectivity index (χ0n) is 9.45. The minimum Gasteiger partial charge on any atom is -0.475 e. The van der Waals surface area contributed by atoms with Crippen LogP contribution in [-0.4, -0.2) is 22.3 Å². The third kappa shape index (κ3) is 3.92. The zero-order chi connectivity index (χ0) is 13.7. The Morgan fingerprint density at radius 3 is 2.78 bits per heavy atom. The van der Waals surface area contributed by atoms with Crippen LogP contribution >= 0.6 is 0 Å². The number of carboxylic acid groups (broad SMARTS) is 1. The average Bonchev–Trinajstić information content (AvgIpc) is 2.58. The smallest absolute Gasteiger partial charge is 0.475 e. The largest absolute Gasteiger partial charge is 0.519 e. The molecule has 100 valence electrons. The molecule has 0 aromatic carbocycles. The van der Waals surface area contributed by atoms with Gasteiger partial charge in [-0.15, -0.1) is 10.1 Å². The normalized spacial score (nSPS) is 12.1. The van der Waals surface area contributed by atoms with Crippen molar-refractivity contribution in [3.05, 3.63) is 32.3 Å². The molecule has 1 atom stereocenters. The van der Waals surface area contributed by atoms with E-state index < -0.39 is 28.7 Å². The highest BCUT2D eigenvalue weighted by atomic mass is 17.0. The highest BCUT2D eigenvalue weighted by Gasteiger charge is 2.19. The molecular weight excluding hydrogens is 250 g/mol. The van der Waals surface area contributed by atoms with Gasteiger partial charge in [-0.05, 0) is 19.8 Å². The maximum atomic E-state index is 10.7. The summed E-state index contributed by atoms with van der Waals surface area (Å²) in [6.07, 6.45) is 0.178. The van der Waals surface area contributed by atoms with Gasteiger partial charge in [0.2, 0.25) is 0 Å². The number of carbonyl (C=O) groups is 1. The minimum absolute atomic E-state index is 0.0826. The first-order valence-electron chi connectivity index (χ1n) is 5.07. The van der Waals surface area contributed by atoms with Gasteiger partial charge >= 0.3 is 11.8 Å². The van der Waals surface area contributed by atoms with Crippen molar-refractivity contribution in [2.45, 2.75) is 32.3 Å². The molecule has 18 heavy (non-hydrogen) atoms. The van der Waals surface area contributed by atoms with E-state index in [1.165, 1.54) is 6.92 Å². The quantitative estimate of drug-likeness (QED) is 0.564. The van der Waals surface area contributed by atoms with Crippen LogP contribution in [-0.2, 0) is 11.3 Å². The van der Waals surface area contributed by atoms with E-state index in [1.54, 1.807) is 0 Å². The lowest BCUT2D eigenvalue weighted by atomic mass is 10.1. The number of rotatable bonds is 7. The third-order valence-electron chi connectivity index (χ3n) is 2.12. The van der Waals surface area contributed by atoms with E-state index in [9.17, 15) is 19.7 Å². The van der Waals surface area contributed by atoms with Crippen molar-refractivity contribution in [1.82, 2.24) is 0 Å². The molecule has 0 spiro atoms. The summed E-state index contributed by atoms with van der Waals surface area (Å²) >= 11 is 0. The number of aromatic carboxylic acids is 1. The van der Waals surface area contributed by atoms with Gasteiger partial charge in [0.25, 0.3) is 10.8 Å². The molecule has 1 N–H and O–H groups in total. The molecule has 1 rings (SSSR count). The van der Waals surface area contributed by atoms with E-state index in [4.69, 9.17) is 5.11 Å². The summed E-state index contributed by atoms with van der Waals surface area (Å²) in [6, 6.07) is 0. The lowest BCUT2D eigenvalue weighted by molar-refractivity contribution is -0.767. The fourth-order valence-corrected chi connectivity index (χ4v) is 1.39. The first-order valence-corrected chi connectivity index (χ1v) is 5.07. The van der Waals surface area contributed by atoms with Crippen molar-refractivity contribution in [3.8, 4) is 0 Å². The van der Waals surface area contributed by atoms with E-state index in [-0.39, 0.29) is 12.2 Å². The summed E-state index contributed by atoms with van der Waals surface area (Å²) in [5.41, 5.74) is 0. The van der Waals surface area contributed by atoms with Crippen LogP contribution < -0.4 is 5.82 Å². The lowest BCUT2D eigenvalue weighted by Crippen LogP contribution is -2.13. The lowest BCUT2D eigenvalue weighted by Gasteiger charge is -2.07. The van der Waals surface area contributed by atoms with Crippen LogP contribution in [0.2, 0.25) is 0 Å². The predicted molar refractivity (Wildman–Crippen MR) is 54.7 cm³/mol. The standard InChI is InChI=1S/C9H11NO8/c1-5(18-10(14)15)3-2-4-6-7(8(11)12)17-9(13)16-6/h5H,2-4H2,1H3,(H,11,12). The molecule has 1 unspecified atom stereocenters. The molecule has 9 heteroatoms. The molecule has 0 aliphatic rings. The van der Waals surface area contributed by atoms with Crippen LogP contribution in [0.25, 0.3) is 0 Å². The van der Waals surface area contributed by atoms with Gasteiger partial charge in [0.1, 0.15) is 6.10 Å². The Balaban J connectivity index is 2.51. The molecule has 1 aromatic heterocycles.